The van der Waals surface area contributed by atoms with E-state index in [-0.39, 0.29) is 5.69 Å². The van der Waals surface area contributed by atoms with Gasteiger partial charge in [-0.05, 0) is 30.2 Å². The lowest BCUT2D eigenvalue weighted by Crippen LogP contribution is -2.05. The lowest BCUT2D eigenvalue weighted by molar-refractivity contribution is -0.384. The fourth-order valence-electron chi connectivity index (χ4n) is 2.89. The molecule has 0 saturated carbocycles. The SMILES string of the molecule is C#CCCCNc1ncc2cc(-c3cc(OC)cc(OC)c3)c([N+](=O)[O-])cc2n1. The van der Waals surface area contributed by atoms with Crippen molar-refractivity contribution in [1.82, 2.24) is 9.97 Å². The molecule has 3 rings (SSSR count). The van der Waals surface area contributed by atoms with Crippen molar-refractivity contribution in [1.29, 1.82) is 0 Å². The predicted octanol–water partition coefficient (Wildman–Crippen LogP) is 4.05. The smallest absolute Gasteiger partial charge is 0.279 e. The predicted molar refractivity (Wildman–Crippen MR) is 111 cm³/mol. The van der Waals surface area contributed by atoms with Crippen molar-refractivity contribution in [3.8, 4) is 35.0 Å². The topological polar surface area (TPSA) is 99.4 Å². The Morgan fingerprint density at radius 3 is 2.52 bits per heavy atom. The van der Waals surface area contributed by atoms with Crippen molar-refractivity contribution in [2.75, 3.05) is 26.1 Å². The van der Waals surface area contributed by atoms with Crippen LogP contribution in [0.2, 0.25) is 0 Å². The Morgan fingerprint density at radius 2 is 1.90 bits per heavy atom. The van der Waals surface area contributed by atoms with E-state index in [0.29, 0.717) is 52.4 Å². The molecule has 0 aliphatic rings. The highest BCUT2D eigenvalue weighted by Gasteiger charge is 2.19. The highest BCUT2D eigenvalue weighted by Crippen LogP contribution is 2.37. The number of hydrogen-bond donors (Lipinski definition) is 1. The maximum Gasteiger partial charge on any atom is 0.279 e. The highest BCUT2D eigenvalue weighted by molar-refractivity contribution is 5.90. The molecule has 8 nitrogen and oxygen atoms in total. The van der Waals surface area contributed by atoms with Crippen molar-refractivity contribution in [2.24, 2.45) is 0 Å². The molecule has 0 radical (unpaired) electrons. The zero-order chi connectivity index (χ0) is 20.8. The van der Waals surface area contributed by atoms with Gasteiger partial charge in [-0.1, -0.05) is 0 Å². The van der Waals surface area contributed by atoms with Crippen LogP contribution in [0.4, 0.5) is 11.6 Å². The minimum Gasteiger partial charge on any atom is -0.497 e. The van der Waals surface area contributed by atoms with E-state index in [1.54, 1.807) is 30.5 Å². The number of terminal acetylenes is 1. The second-order valence-corrected chi connectivity index (χ2v) is 6.21. The molecule has 0 unspecified atom stereocenters. The number of benzene rings is 2. The van der Waals surface area contributed by atoms with Crippen LogP contribution in [0.25, 0.3) is 22.0 Å². The van der Waals surface area contributed by atoms with Gasteiger partial charge in [-0.2, -0.15) is 0 Å². The van der Waals surface area contributed by atoms with Crippen LogP contribution in [0.3, 0.4) is 0 Å². The van der Waals surface area contributed by atoms with Gasteiger partial charge in [0.2, 0.25) is 5.95 Å². The summed E-state index contributed by atoms with van der Waals surface area (Å²) in [5, 5.41) is 15.5. The fraction of sp³-hybridized carbons (Fsp3) is 0.238. The number of aromatic nitrogens is 2. The molecule has 0 amide bonds. The monoisotopic (exact) mass is 392 g/mol. The number of rotatable bonds is 8. The molecule has 2 aromatic carbocycles. The van der Waals surface area contributed by atoms with E-state index in [4.69, 9.17) is 15.9 Å². The molecule has 29 heavy (non-hydrogen) atoms. The Hall–Kier alpha value is -3.86. The molecule has 0 spiro atoms. The van der Waals surface area contributed by atoms with E-state index in [1.807, 2.05) is 0 Å². The minimum atomic E-state index is -0.428. The molecular formula is C21H20N4O4. The molecule has 0 fully saturated rings. The first-order valence-corrected chi connectivity index (χ1v) is 8.91. The Bertz CT molecular complexity index is 1070. The van der Waals surface area contributed by atoms with Gasteiger partial charge in [0.15, 0.2) is 0 Å². The summed E-state index contributed by atoms with van der Waals surface area (Å²) in [6.07, 6.45) is 8.31. The molecule has 1 aromatic heterocycles. The highest BCUT2D eigenvalue weighted by atomic mass is 16.6. The van der Waals surface area contributed by atoms with Gasteiger partial charge in [-0.15, -0.1) is 12.3 Å². The van der Waals surface area contributed by atoms with Gasteiger partial charge in [-0.3, -0.25) is 10.1 Å². The maximum atomic E-state index is 11.7. The first-order valence-electron chi connectivity index (χ1n) is 8.91. The molecule has 0 saturated heterocycles. The first kappa shape index (κ1) is 19.9. The number of hydrogen-bond acceptors (Lipinski definition) is 7. The maximum absolute atomic E-state index is 11.7. The van der Waals surface area contributed by atoms with Crippen LogP contribution in [0, 0.1) is 22.5 Å². The van der Waals surface area contributed by atoms with E-state index >= 15 is 0 Å². The van der Waals surface area contributed by atoms with Crippen LogP contribution in [0.15, 0.2) is 36.5 Å². The van der Waals surface area contributed by atoms with Gasteiger partial charge < -0.3 is 14.8 Å². The summed E-state index contributed by atoms with van der Waals surface area (Å²) < 4.78 is 10.6. The number of unbranched alkanes of at least 4 members (excludes halogenated alkanes) is 1. The summed E-state index contributed by atoms with van der Waals surface area (Å²) in [6, 6.07) is 8.30. The molecule has 0 aliphatic carbocycles. The summed E-state index contributed by atoms with van der Waals surface area (Å²) in [5.74, 6) is 4.05. The second kappa shape index (κ2) is 8.89. The second-order valence-electron chi connectivity index (χ2n) is 6.21. The van der Waals surface area contributed by atoms with E-state index in [1.165, 1.54) is 20.3 Å². The summed E-state index contributed by atoms with van der Waals surface area (Å²) in [4.78, 5) is 20.0. The third-order valence-electron chi connectivity index (χ3n) is 4.34. The van der Waals surface area contributed by atoms with Gasteiger partial charge in [0.25, 0.3) is 5.69 Å². The summed E-state index contributed by atoms with van der Waals surface area (Å²) in [6.45, 7) is 0.624. The van der Waals surface area contributed by atoms with E-state index in [9.17, 15) is 10.1 Å². The van der Waals surface area contributed by atoms with Crippen LogP contribution < -0.4 is 14.8 Å². The minimum absolute atomic E-state index is 0.0650. The van der Waals surface area contributed by atoms with Crippen molar-refractivity contribution < 1.29 is 14.4 Å². The van der Waals surface area contributed by atoms with Crippen LogP contribution in [-0.2, 0) is 0 Å². The summed E-state index contributed by atoms with van der Waals surface area (Å²) >= 11 is 0. The molecular weight excluding hydrogens is 372 g/mol. The number of fused-ring (bicyclic) bond motifs is 1. The Morgan fingerprint density at radius 1 is 1.17 bits per heavy atom. The molecule has 148 valence electrons. The number of nitro groups is 1. The molecule has 3 aromatic rings. The average Bonchev–Trinajstić information content (AvgIpc) is 2.75. The standard InChI is InChI=1S/C21H20N4O4/c1-4-5-6-7-22-21-23-13-15-10-18(20(25(26)27)12-19(15)24-21)14-8-16(28-2)11-17(9-14)29-3/h1,8-13H,5-7H2,2-3H3,(H,22,23,24). The van der Waals surface area contributed by atoms with Crippen molar-refractivity contribution in [3.05, 3.63) is 46.6 Å². The summed E-state index contributed by atoms with van der Waals surface area (Å²) in [5.41, 5.74) is 1.44. The van der Waals surface area contributed by atoms with Gasteiger partial charge >= 0.3 is 0 Å². The average molecular weight is 392 g/mol. The van der Waals surface area contributed by atoms with Gasteiger partial charge in [-0.25, -0.2) is 9.97 Å². The third kappa shape index (κ3) is 4.52. The lowest BCUT2D eigenvalue weighted by atomic mass is 10.0. The zero-order valence-electron chi connectivity index (χ0n) is 16.1. The lowest BCUT2D eigenvalue weighted by Gasteiger charge is -2.10. The number of nitro benzene ring substituents is 1. The first-order chi connectivity index (χ1) is 14.0. The number of ether oxygens (including phenoxy) is 2. The fourth-order valence-corrected chi connectivity index (χ4v) is 2.89. The Balaban J connectivity index is 2.05. The molecule has 8 heteroatoms. The van der Waals surface area contributed by atoms with Crippen LogP contribution in [-0.4, -0.2) is 35.7 Å². The largest absolute Gasteiger partial charge is 0.497 e. The van der Waals surface area contributed by atoms with Crippen molar-refractivity contribution in [3.63, 3.8) is 0 Å². The van der Waals surface area contributed by atoms with E-state index < -0.39 is 4.92 Å². The summed E-state index contributed by atoms with van der Waals surface area (Å²) in [7, 11) is 3.05. The van der Waals surface area contributed by atoms with Crippen LogP contribution in [0.1, 0.15) is 12.8 Å². The molecule has 0 atom stereocenters. The van der Waals surface area contributed by atoms with Crippen LogP contribution >= 0.6 is 0 Å². The Kier molecular flexibility index (Phi) is 6.09. The number of methoxy groups -OCH3 is 2. The van der Waals surface area contributed by atoms with Crippen molar-refractivity contribution in [2.45, 2.75) is 12.8 Å². The molecule has 1 N–H and O–H groups in total. The van der Waals surface area contributed by atoms with E-state index in [0.717, 1.165) is 6.42 Å². The number of nitrogens with zero attached hydrogens (tertiary/aromatic N) is 3. The third-order valence-corrected chi connectivity index (χ3v) is 4.34. The number of anilines is 1. The molecule has 1 heterocycles. The molecule has 0 aliphatic heterocycles. The van der Waals surface area contributed by atoms with Crippen molar-refractivity contribution >= 4 is 22.5 Å². The van der Waals surface area contributed by atoms with E-state index in [2.05, 4.69) is 21.2 Å². The Labute approximate surface area is 168 Å². The normalized spacial score (nSPS) is 10.4. The van der Waals surface area contributed by atoms with Gasteiger partial charge in [0.1, 0.15) is 11.5 Å². The quantitative estimate of drug-likeness (QED) is 0.267. The van der Waals surface area contributed by atoms with Crippen LogP contribution in [0.5, 0.6) is 11.5 Å². The zero-order valence-corrected chi connectivity index (χ0v) is 16.1. The van der Waals surface area contributed by atoms with Gasteiger partial charge in [0, 0.05) is 36.7 Å². The molecule has 0 bridgehead atoms. The van der Waals surface area contributed by atoms with Gasteiger partial charge in [0.05, 0.1) is 30.2 Å². The number of nitrogens with one attached hydrogen (secondary N) is 1.